The van der Waals surface area contributed by atoms with E-state index in [0.717, 1.165) is 16.6 Å². The van der Waals surface area contributed by atoms with E-state index in [0.29, 0.717) is 41.3 Å². The summed E-state index contributed by atoms with van der Waals surface area (Å²) in [4.78, 5) is 33.6. The molecule has 39 heavy (non-hydrogen) atoms. The number of amides is 2. The minimum Gasteiger partial charge on any atom is -0.320 e. The van der Waals surface area contributed by atoms with E-state index in [4.69, 9.17) is 4.98 Å². The van der Waals surface area contributed by atoms with Crippen LogP contribution in [0.15, 0.2) is 72.9 Å². The maximum atomic E-state index is 13.6. The summed E-state index contributed by atoms with van der Waals surface area (Å²) in [7, 11) is 0. The first-order valence-corrected chi connectivity index (χ1v) is 12.9. The lowest BCUT2D eigenvalue weighted by molar-refractivity contribution is 0.0553. The van der Waals surface area contributed by atoms with Crippen LogP contribution in [-0.4, -0.2) is 41.3 Å². The molecule has 0 spiro atoms. The van der Waals surface area contributed by atoms with E-state index in [-0.39, 0.29) is 23.5 Å². The highest BCUT2D eigenvalue weighted by molar-refractivity contribution is 6.21. The van der Waals surface area contributed by atoms with Gasteiger partial charge < -0.3 is 4.57 Å². The lowest BCUT2D eigenvalue weighted by atomic mass is 10.0. The quantitative estimate of drug-likeness (QED) is 0.264. The Morgan fingerprint density at radius 3 is 2.44 bits per heavy atom. The van der Waals surface area contributed by atoms with Crippen LogP contribution in [0, 0.1) is 18.7 Å². The number of para-hydroxylation sites is 2. The van der Waals surface area contributed by atoms with Crippen LogP contribution in [0.4, 0.5) is 4.39 Å². The number of imidazole rings is 1. The molecule has 8 nitrogen and oxygen atoms in total. The number of halogens is 1. The van der Waals surface area contributed by atoms with Crippen LogP contribution < -0.4 is 0 Å². The number of aryl methyl sites for hydroxylation is 1. The first-order valence-electron chi connectivity index (χ1n) is 12.9. The van der Waals surface area contributed by atoms with E-state index >= 15 is 0 Å². The molecule has 0 saturated carbocycles. The highest BCUT2D eigenvalue weighted by Gasteiger charge is 2.42. The first kappa shape index (κ1) is 24.7. The largest absolute Gasteiger partial charge is 0.320 e. The van der Waals surface area contributed by atoms with Gasteiger partial charge in [-0.25, -0.2) is 14.1 Å². The van der Waals surface area contributed by atoms with Crippen molar-refractivity contribution >= 4 is 22.8 Å². The Bertz CT molecular complexity index is 1720. The molecule has 9 heteroatoms. The van der Waals surface area contributed by atoms with Gasteiger partial charge in [0.25, 0.3) is 11.8 Å². The van der Waals surface area contributed by atoms with Crippen LogP contribution in [0.5, 0.6) is 0 Å². The summed E-state index contributed by atoms with van der Waals surface area (Å²) in [5.74, 6) is -0.124. The second-order valence-electron chi connectivity index (χ2n) is 10.4. The number of hydrogen-bond donors (Lipinski definition) is 0. The molecule has 0 aliphatic carbocycles. The van der Waals surface area contributed by atoms with Gasteiger partial charge in [0, 0.05) is 0 Å². The Morgan fingerprint density at radius 1 is 0.923 bits per heavy atom. The second-order valence-corrected chi connectivity index (χ2v) is 10.4. The third-order valence-electron chi connectivity index (χ3n) is 7.01. The molecule has 1 aliphatic rings. The van der Waals surface area contributed by atoms with E-state index in [1.54, 1.807) is 35.1 Å². The maximum Gasteiger partial charge on any atom is 0.262 e. The monoisotopic (exact) mass is 522 g/mol. The van der Waals surface area contributed by atoms with Crippen molar-refractivity contribution in [2.75, 3.05) is 0 Å². The van der Waals surface area contributed by atoms with Crippen LogP contribution in [0.3, 0.4) is 0 Å². The molecule has 5 aromatic rings. The average Bonchev–Trinajstić information content (AvgIpc) is 3.59. The number of hydrogen-bond acceptors (Lipinski definition) is 5. The van der Waals surface area contributed by atoms with Gasteiger partial charge in [0.1, 0.15) is 17.3 Å². The van der Waals surface area contributed by atoms with Crippen LogP contribution in [0.1, 0.15) is 64.1 Å². The highest BCUT2D eigenvalue weighted by Crippen LogP contribution is 2.37. The topological polar surface area (TPSA) is 85.9 Å². The SMILES string of the molecule is Cc1ccc2c(c1)C(=O)N([C@H](CC(C)C)c1nc3ccccc3n1Cc1cn(-c3ccc(F)cc3)nn1)C2=O. The molecule has 0 saturated heterocycles. The summed E-state index contributed by atoms with van der Waals surface area (Å²) in [5, 5.41) is 8.58. The fraction of sp³-hybridized carbons (Fsp3) is 0.233. The average molecular weight is 523 g/mol. The number of imide groups is 1. The summed E-state index contributed by atoms with van der Waals surface area (Å²) >= 11 is 0. The second kappa shape index (κ2) is 9.58. The van der Waals surface area contributed by atoms with Crippen molar-refractivity contribution in [3.63, 3.8) is 0 Å². The van der Waals surface area contributed by atoms with Gasteiger partial charge in [-0.1, -0.05) is 42.8 Å². The standard InChI is InChI=1S/C30H27FN6O2/c1-18(2)14-27(37-29(38)23-13-8-19(3)15-24(23)30(37)39)28-32-25-6-4-5-7-26(25)35(28)16-21-17-36(34-33-21)22-11-9-20(31)10-12-22/h4-13,15,17-18,27H,14,16H2,1-3H3/t27-/m1/s1. The van der Waals surface area contributed by atoms with E-state index in [1.165, 1.54) is 17.0 Å². The molecule has 3 heterocycles. The Morgan fingerprint density at radius 2 is 1.67 bits per heavy atom. The number of aromatic nitrogens is 5. The van der Waals surface area contributed by atoms with Gasteiger partial charge in [-0.15, -0.1) is 5.10 Å². The van der Waals surface area contributed by atoms with Gasteiger partial charge in [0.05, 0.1) is 46.6 Å². The maximum absolute atomic E-state index is 13.6. The van der Waals surface area contributed by atoms with Gasteiger partial charge in [0.15, 0.2) is 0 Å². The van der Waals surface area contributed by atoms with Gasteiger partial charge in [-0.05, 0) is 67.8 Å². The lowest BCUT2D eigenvalue weighted by Crippen LogP contribution is -2.36. The number of nitrogens with zero attached hydrogens (tertiary/aromatic N) is 6. The van der Waals surface area contributed by atoms with E-state index < -0.39 is 6.04 Å². The molecule has 2 amide bonds. The van der Waals surface area contributed by atoms with E-state index in [1.807, 2.05) is 41.8 Å². The molecule has 1 aliphatic heterocycles. The Labute approximate surface area is 224 Å². The molecular formula is C30H27FN6O2. The summed E-state index contributed by atoms with van der Waals surface area (Å²) in [6.45, 7) is 6.37. The third-order valence-corrected chi connectivity index (χ3v) is 7.01. The summed E-state index contributed by atoms with van der Waals surface area (Å²) in [6.07, 6.45) is 2.34. The smallest absolute Gasteiger partial charge is 0.262 e. The number of rotatable bonds is 7. The van der Waals surface area contributed by atoms with Crippen molar-refractivity contribution < 1.29 is 14.0 Å². The molecule has 3 aromatic carbocycles. The zero-order valence-corrected chi connectivity index (χ0v) is 21.9. The molecule has 1 atom stereocenters. The Balaban J connectivity index is 1.43. The van der Waals surface area contributed by atoms with E-state index in [9.17, 15) is 14.0 Å². The normalized spacial score (nSPS) is 14.0. The lowest BCUT2D eigenvalue weighted by Gasteiger charge is -2.28. The number of carbonyl (C=O) groups is 2. The fourth-order valence-electron chi connectivity index (χ4n) is 5.20. The number of benzene rings is 3. The van der Waals surface area contributed by atoms with Crippen molar-refractivity contribution in [1.82, 2.24) is 29.4 Å². The number of carbonyl (C=O) groups excluding carboxylic acids is 2. The zero-order valence-electron chi connectivity index (χ0n) is 21.9. The fourth-order valence-corrected chi connectivity index (χ4v) is 5.20. The summed E-state index contributed by atoms with van der Waals surface area (Å²) in [5.41, 5.74) is 4.75. The zero-order chi connectivity index (χ0) is 27.3. The molecule has 2 aromatic heterocycles. The number of fused-ring (bicyclic) bond motifs is 2. The minimum absolute atomic E-state index is 0.189. The van der Waals surface area contributed by atoms with Crippen LogP contribution in [0.2, 0.25) is 0 Å². The molecule has 0 N–H and O–H groups in total. The van der Waals surface area contributed by atoms with Crippen LogP contribution in [-0.2, 0) is 6.54 Å². The van der Waals surface area contributed by atoms with Crippen LogP contribution in [0.25, 0.3) is 16.7 Å². The predicted octanol–water partition coefficient (Wildman–Crippen LogP) is 5.50. The van der Waals surface area contributed by atoms with Gasteiger partial charge >= 0.3 is 0 Å². The van der Waals surface area contributed by atoms with Crippen LogP contribution >= 0.6 is 0 Å². The van der Waals surface area contributed by atoms with Crippen molar-refractivity contribution in [1.29, 1.82) is 0 Å². The van der Waals surface area contributed by atoms with E-state index in [2.05, 4.69) is 24.2 Å². The third kappa shape index (κ3) is 4.39. The van der Waals surface area contributed by atoms with Crippen molar-refractivity contribution in [3.8, 4) is 5.69 Å². The molecule has 0 bridgehead atoms. The molecular weight excluding hydrogens is 495 g/mol. The van der Waals surface area contributed by atoms with Gasteiger partial charge in [-0.3, -0.25) is 14.5 Å². The molecule has 0 unspecified atom stereocenters. The van der Waals surface area contributed by atoms with Gasteiger partial charge in [0.2, 0.25) is 0 Å². The summed E-state index contributed by atoms with van der Waals surface area (Å²) in [6, 6.07) is 18.5. The summed E-state index contributed by atoms with van der Waals surface area (Å²) < 4.78 is 17.0. The van der Waals surface area contributed by atoms with Crippen molar-refractivity contribution in [3.05, 3.63) is 107 Å². The van der Waals surface area contributed by atoms with Crippen molar-refractivity contribution in [2.45, 2.75) is 39.8 Å². The molecule has 196 valence electrons. The minimum atomic E-state index is -0.572. The first-order chi connectivity index (χ1) is 18.8. The molecule has 0 fully saturated rings. The highest BCUT2D eigenvalue weighted by atomic mass is 19.1. The van der Waals surface area contributed by atoms with Crippen molar-refractivity contribution in [2.24, 2.45) is 5.92 Å². The Kier molecular flexibility index (Phi) is 6.06. The van der Waals surface area contributed by atoms with Gasteiger partial charge in [-0.2, -0.15) is 0 Å². The predicted molar refractivity (Wildman–Crippen MR) is 144 cm³/mol. The molecule has 0 radical (unpaired) electrons. The molecule has 6 rings (SSSR count). The Hall–Kier alpha value is -4.66.